The van der Waals surface area contributed by atoms with Gasteiger partial charge in [0.25, 0.3) is 11.6 Å². The number of benzene rings is 3. The van der Waals surface area contributed by atoms with Gasteiger partial charge in [-0.2, -0.15) is 13.4 Å². The smallest absolute Gasteiger partial charge is 0.339 e. The first kappa shape index (κ1) is 25.5. The van der Waals surface area contributed by atoms with Crippen molar-refractivity contribution in [3.05, 3.63) is 99.4 Å². The Bertz CT molecular complexity index is 1530. The van der Waals surface area contributed by atoms with Gasteiger partial charge in [-0.25, -0.2) is 0 Å². The number of carbonyl (C=O) groups is 1. The number of para-hydroxylation sites is 2. The van der Waals surface area contributed by atoms with Gasteiger partial charge in [-0.15, -0.1) is 0 Å². The molecule has 0 aromatic heterocycles. The Balaban J connectivity index is 1.20. The van der Waals surface area contributed by atoms with Crippen LogP contribution in [-0.4, -0.2) is 55.5 Å². The Morgan fingerprint density at radius 2 is 1.53 bits per heavy atom. The lowest BCUT2D eigenvalue weighted by atomic mass is 10.2. The van der Waals surface area contributed by atoms with Crippen LogP contribution in [0.25, 0.3) is 6.08 Å². The van der Waals surface area contributed by atoms with Crippen molar-refractivity contribution in [3.8, 4) is 5.75 Å². The molecule has 2 aliphatic heterocycles. The van der Waals surface area contributed by atoms with Crippen LogP contribution in [0.1, 0.15) is 5.56 Å². The van der Waals surface area contributed by atoms with Crippen LogP contribution in [-0.2, 0) is 14.9 Å². The number of thioether (sulfide) groups is 1. The average molecular weight is 551 g/mol. The fourth-order valence-corrected chi connectivity index (χ4v) is 6.01. The number of hydrogen-bond acceptors (Lipinski definition) is 9. The van der Waals surface area contributed by atoms with Gasteiger partial charge in [0, 0.05) is 32.2 Å². The molecule has 2 aliphatic rings. The van der Waals surface area contributed by atoms with E-state index in [0.717, 1.165) is 0 Å². The zero-order valence-corrected chi connectivity index (χ0v) is 21.6. The van der Waals surface area contributed by atoms with Gasteiger partial charge in [0.05, 0.1) is 9.83 Å². The molecule has 1 saturated heterocycles. The van der Waals surface area contributed by atoms with Crippen LogP contribution in [0.4, 0.5) is 11.4 Å². The number of nitro benzene ring substituents is 1. The monoisotopic (exact) mass is 550 g/mol. The summed E-state index contributed by atoms with van der Waals surface area (Å²) in [6.45, 7) is 2.26. The molecular weight excluding hydrogens is 528 g/mol. The largest absolute Gasteiger partial charge is 0.379 e. The Morgan fingerprint density at radius 1 is 0.895 bits per heavy atom. The number of hydrogen-bond donors (Lipinski definition) is 0. The first-order valence-corrected chi connectivity index (χ1v) is 13.9. The van der Waals surface area contributed by atoms with Crippen LogP contribution in [0.2, 0.25) is 0 Å². The van der Waals surface area contributed by atoms with Gasteiger partial charge in [-0.1, -0.05) is 42.5 Å². The highest BCUT2D eigenvalue weighted by Gasteiger charge is 2.30. The highest BCUT2D eigenvalue weighted by Crippen LogP contribution is 2.33. The number of piperazine rings is 1. The van der Waals surface area contributed by atoms with E-state index in [-0.39, 0.29) is 27.2 Å². The molecule has 12 heteroatoms. The van der Waals surface area contributed by atoms with Crippen molar-refractivity contribution in [2.75, 3.05) is 31.1 Å². The van der Waals surface area contributed by atoms with Gasteiger partial charge in [0.15, 0.2) is 5.17 Å². The lowest BCUT2D eigenvalue weighted by Crippen LogP contribution is -2.48. The second-order valence-corrected chi connectivity index (χ2v) is 11.0. The second-order valence-electron chi connectivity index (χ2n) is 8.45. The fraction of sp³-hybridized carbons (Fsp3) is 0.154. The highest BCUT2D eigenvalue weighted by atomic mass is 32.2. The molecule has 38 heavy (non-hydrogen) atoms. The summed E-state index contributed by atoms with van der Waals surface area (Å²) in [5.74, 6) is -0.187. The number of amides is 1. The van der Waals surface area contributed by atoms with E-state index in [9.17, 15) is 23.3 Å². The quantitative estimate of drug-likeness (QED) is 0.193. The maximum absolute atomic E-state index is 12.6. The van der Waals surface area contributed by atoms with Crippen LogP contribution in [0.3, 0.4) is 0 Å². The molecule has 10 nitrogen and oxygen atoms in total. The van der Waals surface area contributed by atoms with Crippen LogP contribution < -0.4 is 9.08 Å². The van der Waals surface area contributed by atoms with Crippen molar-refractivity contribution < 1.29 is 22.3 Å². The first-order valence-electron chi connectivity index (χ1n) is 11.7. The molecule has 0 unspecified atom stereocenters. The third-order valence-electron chi connectivity index (χ3n) is 5.99. The predicted octanol–water partition coefficient (Wildman–Crippen LogP) is 4.16. The third-order valence-corrected chi connectivity index (χ3v) is 8.30. The summed E-state index contributed by atoms with van der Waals surface area (Å²) >= 11 is 1.27. The average Bonchev–Trinajstić information content (AvgIpc) is 3.30. The fourth-order valence-electron chi connectivity index (χ4n) is 4.09. The molecule has 0 atom stereocenters. The summed E-state index contributed by atoms with van der Waals surface area (Å²) in [6, 6.07) is 20.9. The molecule has 0 saturated carbocycles. The highest BCUT2D eigenvalue weighted by molar-refractivity contribution is 8.18. The van der Waals surface area contributed by atoms with E-state index in [4.69, 9.17) is 4.18 Å². The van der Waals surface area contributed by atoms with Crippen LogP contribution in [0, 0.1) is 10.1 Å². The summed E-state index contributed by atoms with van der Waals surface area (Å²) in [5.41, 5.74) is 1.35. The molecule has 0 bridgehead atoms. The number of aliphatic imine (C=N–C) groups is 1. The van der Waals surface area contributed by atoms with Crippen LogP contribution in [0.15, 0.2) is 93.7 Å². The number of nitro groups is 1. The van der Waals surface area contributed by atoms with Gasteiger partial charge in [0.1, 0.15) is 16.3 Å². The second kappa shape index (κ2) is 10.7. The van der Waals surface area contributed by atoms with Crippen molar-refractivity contribution in [1.29, 1.82) is 0 Å². The SMILES string of the molecule is O=C1N=C(N2CCN(c3ccccc3[N+](=O)[O-])CC2)SC1=Cc1ccc(OS(=O)(=O)c2ccccc2)cc1. The lowest BCUT2D eigenvalue weighted by Gasteiger charge is -2.36. The summed E-state index contributed by atoms with van der Waals surface area (Å²) < 4.78 is 30.0. The maximum atomic E-state index is 12.6. The summed E-state index contributed by atoms with van der Waals surface area (Å²) in [7, 11) is -3.94. The van der Waals surface area contributed by atoms with Gasteiger partial charge in [0.2, 0.25) is 0 Å². The van der Waals surface area contributed by atoms with Crippen molar-refractivity contribution in [2.45, 2.75) is 4.90 Å². The number of anilines is 1. The van der Waals surface area contributed by atoms with E-state index < -0.39 is 10.1 Å². The van der Waals surface area contributed by atoms with Crippen LogP contribution in [0.5, 0.6) is 5.75 Å². The zero-order valence-electron chi connectivity index (χ0n) is 20.0. The standard InChI is InChI=1S/C26H22N4O6S2/c31-25-24(18-19-10-12-20(13-11-19)36-38(34,35)21-6-2-1-3-7-21)37-26(27-25)29-16-14-28(15-17-29)22-8-4-5-9-23(22)30(32)33/h1-13,18H,14-17H2. The van der Waals surface area contributed by atoms with Crippen molar-refractivity contribution in [3.63, 3.8) is 0 Å². The third kappa shape index (κ3) is 5.55. The molecule has 1 amide bonds. The Hall–Kier alpha value is -4.16. The molecule has 5 rings (SSSR count). The number of nitrogens with zero attached hydrogens (tertiary/aromatic N) is 4. The van der Waals surface area contributed by atoms with Crippen molar-refractivity contribution in [1.82, 2.24) is 4.90 Å². The minimum Gasteiger partial charge on any atom is -0.379 e. The Kier molecular flexibility index (Phi) is 7.16. The van der Waals surface area contributed by atoms with E-state index in [1.165, 1.54) is 42.1 Å². The molecular formula is C26H22N4O6S2. The van der Waals surface area contributed by atoms with Gasteiger partial charge in [-0.05, 0) is 53.7 Å². The Labute approximate surface area is 223 Å². The van der Waals surface area contributed by atoms with E-state index >= 15 is 0 Å². The molecule has 0 aliphatic carbocycles. The van der Waals surface area contributed by atoms with E-state index in [1.807, 2.05) is 9.80 Å². The maximum Gasteiger partial charge on any atom is 0.339 e. The first-order chi connectivity index (χ1) is 18.3. The summed E-state index contributed by atoms with van der Waals surface area (Å²) in [4.78, 5) is 32.2. The molecule has 3 aromatic carbocycles. The number of amidine groups is 1. The minimum absolute atomic E-state index is 0.0617. The molecule has 194 valence electrons. The molecule has 3 aromatic rings. The minimum atomic E-state index is -3.94. The zero-order chi connectivity index (χ0) is 26.7. The predicted molar refractivity (Wildman–Crippen MR) is 146 cm³/mol. The lowest BCUT2D eigenvalue weighted by molar-refractivity contribution is -0.384. The van der Waals surface area contributed by atoms with Crippen LogP contribution >= 0.6 is 11.8 Å². The molecule has 0 radical (unpaired) electrons. The van der Waals surface area contributed by atoms with Crippen molar-refractivity contribution in [2.24, 2.45) is 4.99 Å². The van der Waals surface area contributed by atoms with E-state index in [0.29, 0.717) is 47.5 Å². The molecule has 1 fully saturated rings. The van der Waals surface area contributed by atoms with Crippen molar-refractivity contribution >= 4 is 50.4 Å². The van der Waals surface area contributed by atoms with E-state index in [1.54, 1.807) is 54.6 Å². The molecule has 2 heterocycles. The number of rotatable bonds is 6. The molecule has 0 spiro atoms. The normalized spacial score (nSPS) is 17.0. The summed E-state index contributed by atoms with van der Waals surface area (Å²) in [6.07, 6.45) is 1.70. The Morgan fingerprint density at radius 3 is 2.21 bits per heavy atom. The van der Waals surface area contributed by atoms with Gasteiger partial charge < -0.3 is 14.0 Å². The summed E-state index contributed by atoms with van der Waals surface area (Å²) in [5, 5.41) is 12.0. The van der Waals surface area contributed by atoms with E-state index in [2.05, 4.69) is 4.99 Å². The molecule has 0 N–H and O–H groups in total. The topological polar surface area (TPSA) is 122 Å². The van der Waals surface area contributed by atoms with Gasteiger partial charge in [-0.3, -0.25) is 14.9 Å². The van der Waals surface area contributed by atoms with Gasteiger partial charge >= 0.3 is 10.1 Å². The number of carbonyl (C=O) groups excluding carboxylic acids is 1.